The monoisotopic (exact) mass is 493 g/mol. The third-order valence-electron chi connectivity index (χ3n) is 5.81. The van der Waals surface area contributed by atoms with Crippen LogP contribution in [0.1, 0.15) is 43.7 Å². The lowest BCUT2D eigenvalue weighted by molar-refractivity contribution is -0.384. The first-order valence-electron chi connectivity index (χ1n) is 11.0. The highest BCUT2D eigenvalue weighted by atomic mass is 35.5. The largest absolute Gasteiger partial charge is 0.337 e. The number of fused-ring (bicyclic) bond motifs is 1. The van der Waals surface area contributed by atoms with Gasteiger partial charge in [0.25, 0.3) is 5.69 Å². The van der Waals surface area contributed by atoms with E-state index >= 15 is 0 Å². The zero-order valence-electron chi connectivity index (χ0n) is 18.6. The molecule has 8 nitrogen and oxygen atoms in total. The molecule has 10 heteroatoms. The Morgan fingerprint density at radius 3 is 2.58 bits per heavy atom. The molecule has 0 saturated heterocycles. The van der Waals surface area contributed by atoms with E-state index in [9.17, 15) is 23.3 Å². The number of unbranched alkanes of at least 4 members (excludes halogenated alkanes) is 3. The quantitative estimate of drug-likeness (QED) is 0.277. The van der Waals surface area contributed by atoms with Gasteiger partial charge < -0.3 is 4.90 Å². The Hall–Kier alpha value is -2.49. The average molecular weight is 494 g/mol. The van der Waals surface area contributed by atoms with Gasteiger partial charge in [-0.25, -0.2) is 8.42 Å². The van der Waals surface area contributed by atoms with Gasteiger partial charge in [0.15, 0.2) is 0 Å². The predicted octanol–water partition coefficient (Wildman–Crippen LogP) is 4.40. The zero-order valence-corrected chi connectivity index (χ0v) is 20.1. The molecular formula is C23H28ClN3O5S. The molecule has 1 amide bonds. The number of nitro groups is 1. The van der Waals surface area contributed by atoms with Crippen molar-refractivity contribution in [2.75, 3.05) is 19.6 Å². The lowest BCUT2D eigenvalue weighted by Crippen LogP contribution is -2.44. The number of halogens is 1. The molecule has 0 atom stereocenters. The van der Waals surface area contributed by atoms with E-state index in [1.807, 2.05) is 24.3 Å². The van der Waals surface area contributed by atoms with Gasteiger partial charge in [0.1, 0.15) is 5.02 Å². The molecule has 0 fully saturated rings. The maximum Gasteiger partial charge on any atom is 0.289 e. The second-order valence-corrected chi connectivity index (χ2v) is 10.4. The molecule has 178 valence electrons. The van der Waals surface area contributed by atoms with Crippen molar-refractivity contribution in [3.05, 3.63) is 68.7 Å². The summed E-state index contributed by atoms with van der Waals surface area (Å²) in [5.74, 6) is -0.285. The molecule has 2 aromatic carbocycles. The van der Waals surface area contributed by atoms with Crippen LogP contribution in [0.4, 0.5) is 5.69 Å². The summed E-state index contributed by atoms with van der Waals surface area (Å²) in [6, 6.07) is 11.3. The van der Waals surface area contributed by atoms with Crippen LogP contribution in [0.15, 0.2) is 47.4 Å². The van der Waals surface area contributed by atoms with Crippen molar-refractivity contribution in [2.45, 2.75) is 50.5 Å². The van der Waals surface area contributed by atoms with Gasteiger partial charge in [-0.2, -0.15) is 4.31 Å². The Bertz CT molecular complexity index is 1120. The lowest BCUT2D eigenvalue weighted by atomic mass is 10.00. The van der Waals surface area contributed by atoms with Crippen molar-refractivity contribution in [1.82, 2.24) is 9.21 Å². The fourth-order valence-corrected chi connectivity index (χ4v) is 5.54. The summed E-state index contributed by atoms with van der Waals surface area (Å²) in [4.78, 5) is 25.1. The van der Waals surface area contributed by atoms with E-state index in [1.54, 1.807) is 4.90 Å². The van der Waals surface area contributed by atoms with Gasteiger partial charge in [-0.1, -0.05) is 62.1 Å². The number of rotatable bonds is 10. The summed E-state index contributed by atoms with van der Waals surface area (Å²) in [6.45, 7) is 2.86. The molecule has 0 N–H and O–H groups in total. The number of carbonyl (C=O) groups is 1. The van der Waals surface area contributed by atoms with Crippen LogP contribution in [0.25, 0.3) is 0 Å². The van der Waals surface area contributed by atoms with Gasteiger partial charge in [0, 0.05) is 25.7 Å². The summed E-state index contributed by atoms with van der Waals surface area (Å²) in [5.41, 5.74) is 1.77. The third kappa shape index (κ3) is 6.10. The number of carbonyl (C=O) groups excluding carboxylic acids is 1. The van der Waals surface area contributed by atoms with Gasteiger partial charge >= 0.3 is 0 Å². The molecule has 33 heavy (non-hydrogen) atoms. The number of amides is 1. The van der Waals surface area contributed by atoms with E-state index in [4.69, 9.17) is 11.6 Å². The van der Waals surface area contributed by atoms with E-state index < -0.39 is 20.6 Å². The molecule has 3 rings (SSSR count). The van der Waals surface area contributed by atoms with Gasteiger partial charge in [0.2, 0.25) is 15.9 Å². The summed E-state index contributed by atoms with van der Waals surface area (Å²) in [7, 11) is -4.13. The molecule has 0 aliphatic carbocycles. The van der Waals surface area contributed by atoms with Crippen LogP contribution in [0, 0.1) is 10.1 Å². The lowest BCUT2D eigenvalue weighted by Gasteiger charge is -2.31. The average Bonchev–Trinajstić information content (AvgIpc) is 2.80. The highest BCUT2D eigenvalue weighted by Crippen LogP contribution is 2.29. The zero-order chi connectivity index (χ0) is 24.0. The molecule has 0 bridgehead atoms. The Balaban J connectivity index is 1.82. The second-order valence-electron chi connectivity index (χ2n) is 8.10. The van der Waals surface area contributed by atoms with Crippen LogP contribution in [-0.4, -0.2) is 48.1 Å². The number of hydrogen-bond acceptors (Lipinski definition) is 5. The summed E-state index contributed by atoms with van der Waals surface area (Å²) < 4.78 is 27.9. The van der Waals surface area contributed by atoms with Gasteiger partial charge in [-0.3, -0.25) is 14.9 Å². The van der Waals surface area contributed by atoms with Crippen LogP contribution < -0.4 is 0 Å². The molecular weight excluding hydrogens is 466 g/mol. The number of benzene rings is 2. The number of nitro benzene ring substituents is 1. The maximum absolute atomic E-state index is 13.4. The summed E-state index contributed by atoms with van der Waals surface area (Å²) in [6.07, 6.45) is 4.08. The van der Waals surface area contributed by atoms with E-state index in [0.717, 1.165) is 35.2 Å². The molecule has 1 aliphatic heterocycles. The van der Waals surface area contributed by atoms with Crippen LogP contribution in [-0.2, 0) is 27.8 Å². The van der Waals surface area contributed by atoms with Crippen molar-refractivity contribution >= 4 is 33.2 Å². The highest BCUT2D eigenvalue weighted by Gasteiger charge is 2.31. The van der Waals surface area contributed by atoms with Crippen molar-refractivity contribution < 1.29 is 18.1 Å². The van der Waals surface area contributed by atoms with E-state index in [1.165, 1.54) is 17.7 Å². The minimum absolute atomic E-state index is 0.142. The third-order valence-corrected chi connectivity index (χ3v) is 7.97. The molecule has 0 radical (unpaired) electrons. The van der Waals surface area contributed by atoms with Crippen LogP contribution in [0.2, 0.25) is 5.02 Å². The van der Waals surface area contributed by atoms with Crippen molar-refractivity contribution in [1.29, 1.82) is 0 Å². The fourth-order valence-electron chi connectivity index (χ4n) is 3.90. The Morgan fingerprint density at radius 1 is 1.15 bits per heavy atom. The van der Waals surface area contributed by atoms with Gasteiger partial charge in [-0.05, 0) is 36.1 Å². The first kappa shape index (κ1) is 25.1. The molecule has 0 spiro atoms. The fraction of sp³-hybridized carbons (Fsp3) is 0.435. The van der Waals surface area contributed by atoms with Gasteiger partial charge in [-0.15, -0.1) is 0 Å². The van der Waals surface area contributed by atoms with Gasteiger partial charge in [0.05, 0.1) is 16.4 Å². The minimum atomic E-state index is -4.13. The molecule has 0 aromatic heterocycles. The van der Waals surface area contributed by atoms with Crippen molar-refractivity contribution in [3.63, 3.8) is 0 Å². The molecule has 1 heterocycles. The molecule has 2 aromatic rings. The first-order chi connectivity index (χ1) is 15.7. The Labute approximate surface area is 199 Å². The van der Waals surface area contributed by atoms with E-state index in [-0.39, 0.29) is 28.9 Å². The van der Waals surface area contributed by atoms with Crippen LogP contribution in [0.3, 0.4) is 0 Å². The SMILES string of the molecule is CCCCCCN(CC(=O)N1CCc2ccccc2C1)S(=O)(=O)c1ccc(Cl)c([N+](=O)[O-])c1. The smallest absolute Gasteiger partial charge is 0.289 e. The second kappa shape index (κ2) is 11.1. The molecule has 0 unspecified atom stereocenters. The highest BCUT2D eigenvalue weighted by molar-refractivity contribution is 7.89. The van der Waals surface area contributed by atoms with Crippen molar-refractivity contribution in [2.24, 2.45) is 0 Å². The standard InChI is InChI=1S/C23H28ClN3O5S/c1-2-3-4-7-13-26(33(31,32)20-10-11-21(24)22(15-20)27(29)30)17-23(28)25-14-12-18-8-5-6-9-19(18)16-25/h5-6,8-11,15H,2-4,7,12-14,16-17H2,1H3. The normalized spacial score (nSPS) is 13.7. The first-order valence-corrected chi connectivity index (χ1v) is 12.8. The molecule has 0 saturated carbocycles. The Morgan fingerprint density at radius 2 is 1.88 bits per heavy atom. The summed E-state index contributed by atoms with van der Waals surface area (Å²) >= 11 is 5.86. The maximum atomic E-state index is 13.4. The molecule has 1 aliphatic rings. The number of hydrogen-bond donors (Lipinski definition) is 0. The van der Waals surface area contributed by atoms with E-state index in [2.05, 4.69) is 6.92 Å². The minimum Gasteiger partial charge on any atom is -0.337 e. The Kier molecular flexibility index (Phi) is 8.45. The predicted molar refractivity (Wildman–Crippen MR) is 127 cm³/mol. The number of nitrogens with zero attached hydrogens (tertiary/aromatic N) is 3. The summed E-state index contributed by atoms with van der Waals surface area (Å²) in [5, 5.41) is 11.1. The van der Waals surface area contributed by atoms with Crippen LogP contribution in [0.5, 0.6) is 0 Å². The van der Waals surface area contributed by atoms with Crippen molar-refractivity contribution in [3.8, 4) is 0 Å². The number of sulfonamides is 1. The van der Waals surface area contributed by atoms with Crippen LogP contribution >= 0.6 is 11.6 Å². The topological polar surface area (TPSA) is 101 Å². The van der Waals surface area contributed by atoms with E-state index in [0.29, 0.717) is 25.9 Å².